The Morgan fingerprint density at radius 1 is 1.56 bits per heavy atom. The molecular weight excluding hydrogens is 235 g/mol. The predicted molar refractivity (Wildman–Crippen MR) is 67.2 cm³/mol. The Hall–Kier alpha value is -1.78. The van der Waals surface area contributed by atoms with Crippen LogP contribution < -0.4 is 10.6 Å². The highest BCUT2D eigenvalue weighted by Gasteiger charge is 2.33. The van der Waals surface area contributed by atoms with Crippen LogP contribution in [0.1, 0.15) is 31.9 Å². The molecule has 0 spiro atoms. The molecule has 1 amide bonds. The first-order chi connectivity index (χ1) is 8.52. The lowest BCUT2D eigenvalue weighted by Gasteiger charge is -2.38. The smallest absolute Gasteiger partial charge is 0.405 e. The van der Waals surface area contributed by atoms with Crippen molar-refractivity contribution in [3.05, 3.63) is 29.6 Å². The Labute approximate surface area is 105 Å². The maximum atomic E-state index is 13.3. The topological polar surface area (TPSA) is 61.4 Å². The van der Waals surface area contributed by atoms with Gasteiger partial charge in [0.05, 0.1) is 6.04 Å². The molecule has 1 aromatic rings. The Morgan fingerprint density at radius 3 is 2.89 bits per heavy atom. The molecule has 0 saturated heterocycles. The molecule has 18 heavy (non-hydrogen) atoms. The summed E-state index contributed by atoms with van der Waals surface area (Å²) in [6.45, 7) is 4.01. The van der Waals surface area contributed by atoms with Crippen molar-refractivity contribution in [2.45, 2.75) is 32.4 Å². The number of anilines is 1. The van der Waals surface area contributed by atoms with Crippen molar-refractivity contribution in [1.82, 2.24) is 5.32 Å². The third-order valence-electron chi connectivity index (χ3n) is 3.57. The quantitative estimate of drug-likeness (QED) is 0.758. The van der Waals surface area contributed by atoms with Crippen LogP contribution in [-0.4, -0.2) is 17.2 Å². The van der Waals surface area contributed by atoms with Crippen LogP contribution in [0.15, 0.2) is 18.2 Å². The Morgan fingerprint density at radius 2 is 2.28 bits per heavy atom. The summed E-state index contributed by atoms with van der Waals surface area (Å²) in [4.78, 5) is 10.9. The SMILES string of the molecule is CC[C@@H]1Nc2ccc(F)cc2[C@H](NC(=O)O)[C@@H]1C. The number of amides is 1. The average Bonchev–Trinajstić information content (AvgIpc) is 2.32. The van der Waals surface area contributed by atoms with Gasteiger partial charge in [-0.15, -0.1) is 0 Å². The van der Waals surface area contributed by atoms with Crippen LogP contribution in [0.4, 0.5) is 14.9 Å². The molecule has 0 fully saturated rings. The minimum absolute atomic E-state index is 0.0698. The zero-order valence-electron chi connectivity index (χ0n) is 10.4. The van der Waals surface area contributed by atoms with Crippen LogP contribution in [0.3, 0.4) is 0 Å². The van der Waals surface area contributed by atoms with Crippen molar-refractivity contribution in [2.24, 2.45) is 5.92 Å². The number of carbonyl (C=O) groups is 1. The zero-order chi connectivity index (χ0) is 13.3. The number of rotatable bonds is 2. The van der Waals surface area contributed by atoms with Crippen LogP contribution in [-0.2, 0) is 0 Å². The molecule has 2 rings (SSSR count). The number of hydrogen-bond acceptors (Lipinski definition) is 2. The zero-order valence-corrected chi connectivity index (χ0v) is 10.4. The third-order valence-corrected chi connectivity index (χ3v) is 3.57. The molecule has 98 valence electrons. The number of hydrogen-bond donors (Lipinski definition) is 3. The average molecular weight is 252 g/mol. The van der Waals surface area contributed by atoms with E-state index in [1.165, 1.54) is 12.1 Å². The van der Waals surface area contributed by atoms with E-state index in [0.717, 1.165) is 12.1 Å². The Kier molecular flexibility index (Phi) is 3.41. The number of benzene rings is 1. The van der Waals surface area contributed by atoms with E-state index in [1.54, 1.807) is 6.07 Å². The van der Waals surface area contributed by atoms with Gasteiger partial charge < -0.3 is 15.7 Å². The van der Waals surface area contributed by atoms with E-state index in [0.29, 0.717) is 5.56 Å². The van der Waals surface area contributed by atoms with Gasteiger partial charge in [-0.05, 0) is 24.6 Å². The molecule has 0 aromatic heterocycles. The van der Waals surface area contributed by atoms with Crippen molar-refractivity contribution < 1.29 is 14.3 Å². The van der Waals surface area contributed by atoms with Gasteiger partial charge in [-0.1, -0.05) is 13.8 Å². The van der Waals surface area contributed by atoms with Gasteiger partial charge in [0.25, 0.3) is 0 Å². The summed E-state index contributed by atoms with van der Waals surface area (Å²) in [6.07, 6.45) is -0.200. The Balaban J connectivity index is 2.42. The van der Waals surface area contributed by atoms with Gasteiger partial charge in [-0.2, -0.15) is 0 Å². The first-order valence-corrected chi connectivity index (χ1v) is 6.08. The van der Waals surface area contributed by atoms with Crippen LogP contribution >= 0.6 is 0 Å². The molecular formula is C13H17FN2O2. The normalized spacial score (nSPS) is 26.1. The summed E-state index contributed by atoms with van der Waals surface area (Å²) in [7, 11) is 0. The fourth-order valence-electron chi connectivity index (χ4n) is 2.59. The van der Waals surface area contributed by atoms with Crippen LogP contribution in [0, 0.1) is 11.7 Å². The number of fused-ring (bicyclic) bond motifs is 1. The monoisotopic (exact) mass is 252 g/mol. The van der Waals surface area contributed by atoms with Crippen molar-refractivity contribution in [3.63, 3.8) is 0 Å². The van der Waals surface area contributed by atoms with Crippen molar-refractivity contribution in [2.75, 3.05) is 5.32 Å². The van der Waals surface area contributed by atoms with Crippen molar-refractivity contribution in [1.29, 1.82) is 0 Å². The molecule has 0 unspecified atom stereocenters. The summed E-state index contributed by atoms with van der Waals surface area (Å²) in [5.74, 6) is -0.282. The fourth-order valence-corrected chi connectivity index (χ4v) is 2.59. The van der Waals surface area contributed by atoms with Gasteiger partial charge >= 0.3 is 6.09 Å². The second-order valence-corrected chi connectivity index (χ2v) is 4.68. The lowest BCUT2D eigenvalue weighted by atomic mass is 9.82. The highest BCUT2D eigenvalue weighted by Crippen LogP contribution is 2.37. The minimum Gasteiger partial charge on any atom is -0.465 e. The largest absolute Gasteiger partial charge is 0.465 e. The number of carboxylic acid groups (broad SMARTS) is 1. The molecule has 1 aromatic carbocycles. The van der Waals surface area contributed by atoms with Crippen LogP contribution in [0.5, 0.6) is 0 Å². The lowest BCUT2D eigenvalue weighted by Crippen LogP contribution is -2.43. The van der Waals surface area contributed by atoms with Gasteiger partial charge in [-0.25, -0.2) is 9.18 Å². The molecule has 1 heterocycles. The van der Waals surface area contributed by atoms with Gasteiger partial charge in [0, 0.05) is 23.2 Å². The predicted octanol–water partition coefficient (Wildman–Crippen LogP) is 2.97. The van der Waals surface area contributed by atoms with Crippen molar-refractivity contribution in [3.8, 4) is 0 Å². The molecule has 4 nitrogen and oxygen atoms in total. The van der Waals surface area contributed by atoms with E-state index in [-0.39, 0.29) is 23.8 Å². The highest BCUT2D eigenvalue weighted by atomic mass is 19.1. The molecule has 3 N–H and O–H groups in total. The molecule has 0 radical (unpaired) electrons. The van der Waals surface area contributed by atoms with Gasteiger partial charge in [0.2, 0.25) is 0 Å². The fraction of sp³-hybridized carbons (Fsp3) is 0.462. The maximum absolute atomic E-state index is 13.3. The van der Waals surface area contributed by atoms with Crippen LogP contribution in [0.25, 0.3) is 0 Å². The summed E-state index contributed by atoms with van der Waals surface area (Å²) < 4.78 is 13.3. The van der Waals surface area contributed by atoms with Gasteiger partial charge in [0.15, 0.2) is 0 Å². The van der Waals surface area contributed by atoms with E-state index in [1.807, 2.05) is 13.8 Å². The molecule has 1 aliphatic rings. The second-order valence-electron chi connectivity index (χ2n) is 4.68. The summed E-state index contributed by atoms with van der Waals surface area (Å²) in [5.41, 5.74) is 1.48. The van der Waals surface area contributed by atoms with E-state index >= 15 is 0 Å². The van der Waals surface area contributed by atoms with Crippen molar-refractivity contribution >= 4 is 11.8 Å². The van der Waals surface area contributed by atoms with Gasteiger partial charge in [-0.3, -0.25) is 0 Å². The second kappa shape index (κ2) is 4.84. The first-order valence-electron chi connectivity index (χ1n) is 6.08. The van der Waals surface area contributed by atoms with E-state index in [2.05, 4.69) is 10.6 Å². The molecule has 0 bridgehead atoms. The molecule has 0 saturated carbocycles. The summed E-state index contributed by atoms with van der Waals surface area (Å²) in [6, 6.07) is 4.24. The first kappa shape index (κ1) is 12.7. The number of halogens is 1. The number of nitrogens with one attached hydrogen (secondary N) is 2. The maximum Gasteiger partial charge on any atom is 0.405 e. The minimum atomic E-state index is -1.08. The summed E-state index contributed by atoms with van der Waals surface area (Å²) in [5, 5.41) is 14.7. The van der Waals surface area contributed by atoms with Gasteiger partial charge in [0.1, 0.15) is 5.82 Å². The highest BCUT2D eigenvalue weighted by molar-refractivity contribution is 5.67. The third kappa shape index (κ3) is 2.25. The van der Waals surface area contributed by atoms with E-state index < -0.39 is 6.09 Å². The van der Waals surface area contributed by atoms with E-state index in [4.69, 9.17) is 5.11 Å². The molecule has 3 atom stereocenters. The molecule has 1 aliphatic heterocycles. The summed E-state index contributed by atoms with van der Waals surface area (Å²) >= 11 is 0. The Bertz CT molecular complexity index is 464. The standard InChI is InChI=1S/C13H17FN2O2/c1-3-10-7(2)12(16-13(17)18)9-6-8(14)4-5-11(9)15-10/h4-7,10,12,15-16H,3H2,1-2H3,(H,17,18)/t7-,10+,12-/m1/s1. The van der Waals surface area contributed by atoms with E-state index in [9.17, 15) is 9.18 Å². The molecule has 5 heteroatoms. The lowest BCUT2D eigenvalue weighted by molar-refractivity contribution is 0.182. The molecule has 0 aliphatic carbocycles. The van der Waals surface area contributed by atoms with Crippen LogP contribution in [0.2, 0.25) is 0 Å².